The van der Waals surface area contributed by atoms with Crippen LogP contribution in [0.2, 0.25) is 0 Å². The third-order valence-corrected chi connectivity index (χ3v) is 6.42. The van der Waals surface area contributed by atoms with Crippen LogP contribution in [0.3, 0.4) is 0 Å². The van der Waals surface area contributed by atoms with Gasteiger partial charge in [-0.05, 0) is 6.92 Å². The molecule has 0 N–H and O–H groups in total. The number of carbonyl (C=O) groups excluding carboxylic acids is 1. The Labute approximate surface area is 168 Å². The van der Waals surface area contributed by atoms with Crippen molar-refractivity contribution in [2.45, 2.75) is 33.1 Å². The van der Waals surface area contributed by atoms with Gasteiger partial charge in [0.05, 0.1) is 16.4 Å². The normalized spacial score (nSPS) is 11.4. The third kappa shape index (κ3) is 4.17. The molecule has 0 bridgehead atoms. The van der Waals surface area contributed by atoms with Crippen molar-refractivity contribution in [3.05, 3.63) is 63.9 Å². The van der Waals surface area contributed by atoms with Gasteiger partial charge in [0.15, 0.2) is 5.13 Å². The van der Waals surface area contributed by atoms with E-state index < -0.39 is 0 Å². The van der Waals surface area contributed by atoms with Gasteiger partial charge in [-0.25, -0.2) is 9.97 Å². The minimum Gasteiger partial charge on any atom is -0.279 e. The van der Waals surface area contributed by atoms with Gasteiger partial charge in [-0.2, -0.15) is 0 Å². The molecule has 2 heterocycles. The molecule has 0 saturated carbocycles. The topological polar surface area (TPSA) is 46.1 Å². The van der Waals surface area contributed by atoms with Gasteiger partial charge in [0.1, 0.15) is 4.88 Å². The summed E-state index contributed by atoms with van der Waals surface area (Å²) >= 11 is 2.93. The Morgan fingerprint density at radius 2 is 1.93 bits per heavy atom. The fourth-order valence-electron chi connectivity index (χ4n) is 2.54. The smallest absolute Gasteiger partial charge is 0.272 e. The summed E-state index contributed by atoms with van der Waals surface area (Å²) in [5.74, 6) is -0.0747. The average molecular weight is 398 g/mol. The average Bonchev–Trinajstić information content (AvgIpc) is 3.26. The summed E-state index contributed by atoms with van der Waals surface area (Å²) in [6.07, 6.45) is 1.72. The Bertz CT molecular complexity index is 951. The molecule has 27 heavy (non-hydrogen) atoms. The first kappa shape index (κ1) is 19.5. The number of aryl methyl sites for hydroxylation is 1. The highest BCUT2D eigenvalue weighted by Crippen LogP contribution is 2.33. The van der Waals surface area contributed by atoms with Crippen molar-refractivity contribution in [3.8, 4) is 11.3 Å². The number of benzene rings is 1. The van der Waals surface area contributed by atoms with Crippen LogP contribution in [0.15, 0.2) is 48.4 Å². The van der Waals surface area contributed by atoms with Gasteiger partial charge in [0, 0.05) is 22.9 Å². The van der Waals surface area contributed by atoms with Crippen LogP contribution in [0.25, 0.3) is 11.3 Å². The number of nitrogens with zero attached hydrogens (tertiary/aromatic N) is 3. The van der Waals surface area contributed by atoms with Crippen molar-refractivity contribution in [2.75, 3.05) is 11.4 Å². The molecule has 0 unspecified atom stereocenters. The Morgan fingerprint density at radius 1 is 1.22 bits per heavy atom. The van der Waals surface area contributed by atoms with E-state index >= 15 is 0 Å². The highest BCUT2D eigenvalue weighted by molar-refractivity contribution is 7.15. The van der Waals surface area contributed by atoms with Crippen LogP contribution in [0.1, 0.15) is 41.1 Å². The van der Waals surface area contributed by atoms with Crippen molar-refractivity contribution in [2.24, 2.45) is 0 Å². The SMILES string of the molecule is C=CCN(C(=O)c1sc(C(C)(C)C)nc1C)c1nc(-c2ccccc2)cs1. The largest absolute Gasteiger partial charge is 0.279 e. The molecular weight excluding hydrogens is 374 g/mol. The molecule has 2 aromatic heterocycles. The molecule has 140 valence electrons. The predicted molar refractivity (Wildman–Crippen MR) is 115 cm³/mol. The summed E-state index contributed by atoms with van der Waals surface area (Å²) < 4.78 is 0. The zero-order valence-electron chi connectivity index (χ0n) is 16.0. The second kappa shape index (κ2) is 7.74. The molecule has 4 nitrogen and oxygen atoms in total. The molecular formula is C21H23N3OS2. The number of amides is 1. The van der Waals surface area contributed by atoms with Crippen LogP contribution in [-0.4, -0.2) is 22.4 Å². The van der Waals surface area contributed by atoms with Crippen LogP contribution in [0.4, 0.5) is 5.13 Å². The molecule has 0 aliphatic carbocycles. The Kier molecular flexibility index (Phi) is 5.58. The number of hydrogen-bond acceptors (Lipinski definition) is 5. The van der Waals surface area contributed by atoms with Gasteiger partial charge < -0.3 is 0 Å². The van der Waals surface area contributed by atoms with Gasteiger partial charge in [-0.3, -0.25) is 9.69 Å². The first-order valence-corrected chi connectivity index (χ1v) is 10.4. The third-order valence-electron chi connectivity index (χ3n) is 3.98. The first-order valence-electron chi connectivity index (χ1n) is 8.73. The Hall–Kier alpha value is -2.31. The minimum absolute atomic E-state index is 0.0747. The Morgan fingerprint density at radius 3 is 2.52 bits per heavy atom. The molecule has 0 aliphatic rings. The zero-order chi connectivity index (χ0) is 19.6. The quantitative estimate of drug-likeness (QED) is 0.518. The van der Waals surface area contributed by atoms with Crippen molar-refractivity contribution in [3.63, 3.8) is 0 Å². The fraction of sp³-hybridized carbons (Fsp3) is 0.286. The zero-order valence-corrected chi connectivity index (χ0v) is 17.7. The number of anilines is 1. The number of rotatable bonds is 5. The first-order chi connectivity index (χ1) is 12.8. The molecule has 0 spiro atoms. The van der Waals surface area contributed by atoms with E-state index in [0.717, 1.165) is 22.0 Å². The second-order valence-electron chi connectivity index (χ2n) is 7.27. The van der Waals surface area contributed by atoms with Crippen LogP contribution >= 0.6 is 22.7 Å². The van der Waals surface area contributed by atoms with Crippen LogP contribution in [0, 0.1) is 6.92 Å². The van der Waals surface area contributed by atoms with Gasteiger partial charge >= 0.3 is 0 Å². The highest BCUT2D eigenvalue weighted by Gasteiger charge is 2.27. The lowest BCUT2D eigenvalue weighted by molar-refractivity contribution is 0.0993. The summed E-state index contributed by atoms with van der Waals surface area (Å²) in [7, 11) is 0. The summed E-state index contributed by atoms with van der Waals surface area (Å²) in [4.78, 5) is 24.9. The van der Waals surface area contributed by atoms with E-state index in [1.165, 1.54) is 22.7 Å². The van der Waals surface area contributed by atoms with E-state index in [1.54, 1.807) is 11.0 Å². The number of hydrogen-bond donors (Lipinski definition) is 0. The van der Waals surface area contributed by atoms with Crippen LogP contribution in [0.5, 0.6) is 0 Å². The molecule has 1 aromatic carbocycles. The number of aromatic nitrogens is 2. The predicted octanol–water partition coefficient (Wildman–Crippen LogP) is 5.71. The van der Waals surface area contributed by atoms with Gasteiger partial charge in [-0.15, -0.1) is 29.3 Å². The lowest BCUT2D eigenvalue weighted by Crippen LogP contribution is -2.30. The van der Waals surface area contributed by atoms with Crippen molar-refractivity contribution >= 4 is 33.7 Å². The van der Waals surface area contributed by atoms with Crippen molar-refractivity contribution < 1.29 is 4.79 Å². The fourth-order valence-corrected chi connectivity index (χ4v) is 4.46. The van der Waals surface area contributed by atoms with E-state index in [4.69, 9.17) is 4.98 Å². The van der Waals surface area contributed by atoms with E-state index in [1.807, 2.05) is 42.6 Å². The van der Waals surface area contributed by atoms with Crippen LogP contribution in [-0.2, 0) is 5.41 Å². The summed E-state index contributed by atoms with van der Waals surface area (Å²) in [6.45, 7) is 12.4. The molecule has 0 fully saturated rings. The Balaban J connectivity index is 1.95. The van der Waals surface area contributed by atoms with E-state index in [9.17, 15) is 4.79 Å². The maximum absolute atomic E-state index is 13.3. The molecule has 0 saturated heterocycles. The van der Waals surface area contributed by atoms with Gasteiger partial charge in [-0.1, -0.05) is 57.2 Å². The lowest BCUT2D eigenvalue weighted by Gasteiger charge is -2.17. The van der Waals surface area contributed by atoms with Crippen molar-refractivity contribution in [1.29, 1.82) is 0 Å². The van der Waals surface area contributed by atoms with Crippen LogP contribution < -0.4 is 4.90 Å². The lowest BCUT2D eigenvalue weighted by atomic mass is 9.98. The standard InChI is InChI=1S/C21H23N3OS2/c1-6-12-24(18(25)17-14(2)22-19(27-17)21(3,4)5)20-23-16(13-26-20)15-10-8-7-9-11-15/h6-11,13H,1,12H2,2-5H3. The summed E-state index contributed by atoms with van der Waals surface area (Å²) in [5, 5.41) is 3.61. The monoisotopic (exact) mass is 397 g/mol. The highest BCUT2D eigenvalue weighted by atomic mass is 32.1. The summed E-state index contributed by atoms with van der Waals surface area (Å²) in [5.41, 5.74) is 2.59. The molecule has 0 aliphatic heterocycles. The van der Waals surface area contributed by atoms with Gasteiger partial charge in [0.25, 0.3) is 5.91 Å². The molecule has 6 heteroatoms. The van der Waals surface area contributed by atoms with Gasteiger partial charge in [0.2, 0.25) is 0 Å². The van der Waals surface area contributed by atoms with E-state index in [2.05, 4.69) is 32.3 Å². The molecule has 0 radical (unpaired) electrons. The maximum Gasteiger partial charge on any atom is 0.272 e. The minimum atomic E-state index is -0.0844. The molecule has 3 rings (SSSR count). The second-order valence-corrected chi connectivity index (χ2v) is 9.10. The molecule has 3 aromatic rings. The van der Waals surface area contributed by atoms with E-state index in [0.29, 0.717) is 16.6 Å². The van der Waals surface area contributed by atoms with Crippen molar-refractivity contribution in [1.82, 2.24) is 9.97 Å². The molecule has 0 atom stereocenters. The number of carbonyl (C=O) groups is 1. The summed E-state index contributed by atoms with van der Waals surface area (Å²) in [6, 6.07) is 9.97. The van der Waals surface area contributed by atoms with E-state index in [-0.39, 0.29) is 11.3 Å². The maximum atomic E-state index is 13.3. The number of thiazole rings is 2. The molecule has 1 amide bonds.